The number of phenols is 3. The van der Waals surface area contributed by atoms with E-state index in [9.17, 15) is 20.1 Å². The number of benzene rings is 4. The first kappa shape index (κ1) is 29.8. The van der Waals surface area contributed by atoms with Gasteiger partial charge in [0.1, 0.15) is 28.8 Å². The van der Waals surface area contributed by atoms with Gasteiger partial charge < -0.3 is 34.3 Å². The van der Waals surface area contributed by atoms with E-state index in [1.54, 1.807) is 48.6 Å². The second-order valence-corrected chi connectivity index (χ2v) is 9.89. The van der Waals surface area contributed by atoms with Gasteiger partial charge in [-0.1, -0.05) is 36.9 Å². The van der Waals surface area contributed by atoms with E-state index in [0.29, 0.717) is 33.6 Å². The van der Waals surface area contributed by atoms with Gasteiger partial charge in [-0.3, -0.25) is 0 Å². The molecule has 222 valence electrons. The monoisotopic (exact) mass is 590 g/mol. The van der Waals surface area contributed by atoms with E-state index < -0.39 is 5.97 Å². The molecule has 0 spiro atoms. The maximum atomic E-state index is 12.9. The summed E-state index contributed by atoms with van der Waals surface area (Å²) < 4.78 is 17.4. The van der Waals surface area contributed by atoms with Crippen LogP contribution in [0.5, 0.6) is 28.7 Å². The van der Waals surface area contributed by atoms with Crippen LogP contribution in [0.4, 0.5) is 0 Å². The number of aliphatic hydroxyl groups is 1. The first-order chi connectivity index (χ1) is 21.2. The van der Waals surface area contributed by atoms with Crippen molar-refractivity contribution >= 4 is 34.7 Å². The van der Waals surface area contributed by atoms with Gasteiger partial charge in [-0.15, -0.1) is 0 Å². The number of phenolic OH excluding ortho intramolecular Hbond substituents is 3. The lowest BCUT2D eigenvalue weighted by Crippen LogP contribution is -2.10. The highest BCUT2D eigenvalue weighted by Gasteiger charge is 2.21. The Bertz CT molecular complexity index is 1930. The normalized spacial score (nSPS) is 11.4. The molecule has 0 atom stereocenters. The average Bonchev–Trinajstić information content (AvgIpc) is 3.44. The van der Waals surface area contributed by atoms with Crippen molar-refractivity contribution in [3.05, 3.63) is 119 Å². The number of carbonyl (C=O) groups excluding carboxylic acids is 1. The molecule has 5 aromatic rings. The minimum absolute atomic E-state index is 0.0202. The Balaban J connectivity index is 1.58. The molecule has 44 heavy (non-hydrogen) atoms. The number of carbonyl (C=O) groups is 1. The summed E-state index contributed by atoms with van der Waals surface area (Å²) in [5.74, 6) is -0.102. The zero-order chi connectivity index (χ0) is 31.4. The van der Waals surface area contributed by atoms with Gasteiger partial charge in [-0.25, -0.2) is 4.79 Å². The predicted octanol–water partition coefficient (Wildman–Crippen LogP) is 7.54. The molecule has 4 N–H and O–H groups in total. The van der Waals surface area contributed by atoms with Gasteiger partial charge in [-0.2, -0.15) is 0 Å². The van der Waals surface area contributed by atoms with Crippen LogP contribution in [0, 0.1) is 0 Å². The maximum absolute atomic E-state index is 12.9. The van der Waals surface area contributed by atoms with E-state index >= 15 is 0 Å². The summed E-state index contributed by atoms with van der Waals surface area (Å²) in [6, 6.07) is 19.0. The smallest absolute Gasteiger partial charge is 0.343 e. The molecule has 8 heteroatoms. The van der Waals surface area contributed by atoms with Crippen LogP contribution in [0.25, 0.3) is 40.0 Å². The van der Waals surface area contributed by atoms with Gasteiger partial charge >= 0.3 is 5.97 Å². The molecule has 0 aliphatic rings. The van der Waals surface area contributed by atoms with Crippen LogP contribution < -0.4 is 9.47 Å². The second-order valence-electron chi connectivity index (χ2n) is 9.89. The summed E-state index contributed by atoms with van der Waals surface area (Å²) >= 11 is 0. The van der Waals surface area contributed by atoms with Crippen molar-refractivity contribution in [2.45, 2.75) is 6.92 Å². The number of methoxy groups -OCH3 is 1. The Hall–Kier alpha value is -5.73. The molecule has 5 rings (SSSR count). The summed E-state index contributed by atoms with van der Waals surface area (Å²) in [6.45, 7) is 5.98. The molecule has 0 unspecified atom stereocenters. The van der Waals surface area contributed by atoms with Crippen molar-refractivity contribution in [2.75, 3.05) is 13.7 Å². The minimum Gasteiger partial charge on any atom is -0.508 e. The van der Waals surface area contributed by atoms with Crippen LogP contribution >= 0.6 is 0 Å². The van der Waals surface area contributed by atoms with E-state index in [1.807, 2.05) is 25.1 Å². The summed E-state index contributed by atoms with van der Waals surface area (Å²) in [5.41, 5.74) is 3.62. The number of aromatic hydroxyl groups is 3. The Labute approximate surface area is 253 Å². The number of esters is 1. The molecular formula is C36H30O8. The lowest BCUT2D eigenvalue weighted by molar-refractivity contribution is 0.0734. The molecule has 0 saturated carbocycles. The summed E-state index contributed by atoms with van der Waals surface area (Å²) in [6.07, 6.45) is 7.09. The second kappa shape index (κ2) is 12.6. The molecule has 0 fully saturated rings. The summed E-state index contributed by atoms with van der Waals surface area (Å²) in [5, 5.41) is 41.2. The number of fused-ring (bicyclic) bond motifs is 1. The fraction of sp³-hybridized carbons (Fsp3) is 0.0833. The quantitative estimate of drug-likeness (QED) is 0.102. The van der Waals surface area contributed by atoms with Gasteiger partial charge in [0.2, 0.25) is 0 Å². The first-order valence-corrected chi connectivity index (χ1v) is 13.6. The third-order valence-corrected chi connectivity index (χ3v) is 6.94. The predicted molar refractivity (Wildman–Crippen MR) is 170 cm³/mol. The fourth-order valence-corrected chi connectivity index (χ4v) is 4.80. The average molecular weight is 591 g/mol. The Kier molecular flexibility index (Phi) is 8.55. The van der Waals surface area contributed by atoms with Crippen molar-refractivity contribution < 1.29 is 39.1 Å². The molecule has 0 amide bonds. The highest BCUT2D eigenvalue weighted by molar-refractivity contribution is 5.95. The largest absolute Gasteiger partial charge is 0.508 e. The van der Waals surface area contributed by atoms with E-state index in [1.165, 1.54) is 37.4 Å². The van der Waals surface area contributed by atoms with Crippen LogP contribution in [0.2, 0.25) is 0 Å². The minimum atomic E-state index is -0.641. The first-order valence-electron chi connectivity index (χ1n) is 13.6. The molecule has 0 aliphatic carbocycles. The van der Waals surface area contributed by atoms with Crippen molar-refractivity contribution in [3.63, 3.8) is 0 Å². The third kappa shape index (κ3) is 6.06. The third-order valence-electron chi connectivity index (χ3n) is 6.94. The number of ether oxygens (including phenoxy) is 2. The fourth-order valence-electron chi connectivity index (χ4n) is 4.80. The molecule has 0 aliphatic heterocycles. The van der Waals surface area contributed by atoms with Crippen molar-refractivity contribution in [2.24, 2.45) is 0 Å². The van der Waals surface area contributed by atoms with Gasteiger partial charge in [0.15, 0.2) is 11.3 Å². The molecule has 1 heterocycles. The molecule has 0 saturated heterocycles. The topological polar surface area (TPSA) is 130 Å². The molecule has 8 nitrogen and oxygen atoms in total. The summed E-state index contributed by atoms with van der Waals surface area (Å²) in [7, 11) is 1.52. The van der Waals surface area contributed by atoms with E-state index in [2.05, 4.69) is 6.58 Å². The van der Waals surface area contributed by atoms with E-state index in [4.69, 9.17) is 19.0 Å². The number of furan rings is 1. The molecule has 0 radical (unpaired) electrons. The van der Waals surface area contributed by atoms with Gasteiger partial charge in [0, 0.05) is 22.6 Å². The van der Waals surface area contributed by atoms with E-state index in [0.717, 1.165) is 11.1 Å². The number of hydrogen-bond acceptors (Lipinski definition) is 8. The number of rotatable bonds is 9. The van der Waals surface area contributed by atoms with Crippen LogP contribution in [0.15, 0.2) is 95.9 Å². The standard InChI is InChI=1S/C36H30O8/c1-4-6-22-8-13-32(44-36(41)24-9-11-26(38)12-10-24)28(16-22)21(2)27-19-29(31(40)20-30(27)39)33-18-25-15-23(7-5-14-37)17-34(42-3)35(25)43-33/h4-13,15-20,37-40H,2,14H2,1,3H3/b6-4+,7-5+. The lowest BCUT2D eigenvalue weighted by atomic mass is 9.94. The van der Waals surface area contributed by atoms with Gasteiger partial charge in [0.25, 0.3) is 0 Å². The Morgan fingerprint density at radius 2 is 1.64 bits per heavy atom. The zero-order valence-electron chi connectivity index (χ0n) is 24.1. The Morgan fingerprint density at radius 1 is 0.864 bits per heavy atom. The SMILES string of the molecule is C=C(c1cc(-c2cc3cc(/C=C/CO)cc(OC)c3o2)c(O)cc1O)c1cc(/C=C/C)ccc1OC(=O)c1ccc(O)cc1. The molecule has 0 bridgehead atoms. The van der Waals surface area contributed by atoms with Crippen molar-refractivity contribution in [3.8, 4) is 40.1 Å². The zero-order valence-corrected chi connectivity index (χ0v) is 24.1. The van der Waals surface area contributed by atoms with Crippen LogP contribution in [0.3, 0.4) is 0 Å². The van der Waals surface area contributed by atoms with E-state index in [-0.39, 0.29) is 46.3 Å². The molecular weight excluding hydrogens is 560 g/mol. The number of hydrogen-bond donors (Lipinski definition) is 4. The summed E-state index contributed by atoms with van der Waals surface area (Å²) in [4.78, 5) is 12.9. The Morgan fingerprint density at radius 3 is 2.34 bits per heavy atom. The number of allylic oxidation sites excluding steroid dienone is 1. The van der Waals surface area contributed by atoms with Gasteiger partial charge in [0.05, 0.1) is 24.8 Å². The van der Waals surface area contributed by atoms with Crippen LogP contribution in [-0.2, 0) is 0 Å². The molecule has 4 aromatic carbocycles. The van der Waals surface area contributed by atoms with Crippen LogP contribution in [-0.4, -0.2) is 40.1 Å². The lowest BCUT2D eigenvalue weighted by Gasteiger charge is -2.16. The van der Waals surface area contributed by atoms with Crippen molar-refractivity contribution in [1.29, 1.82) is 0 Å². The number of aliphatic hydroxyl groups excluding tert-OH is 1. The molecule has 1 aromatic heterocycles. The highest BCUT2D eigenvalue weighted by atomic mass is 16.5. The van der Waals surface area contributed by atoms with Crippen LogP contribution in [0.1, 0.15) is 39.5 Å². The maximum Gasteiger partial charge on any atom is 0.343 e. The highest BCUT2D eigenvalue weighted by Crippen LogP contribution is 2.43. The van der Waals surface area contributed by atoms with Crippen molar-refractivity contribution in [1.82, 2.24) is 0 Å². The van der Waals surface area contributed by atoms with Gasteiger partial charge in [-0.05, 0) is 84.3 Å².